The van der Waals surface area contributed by atoms with Crippen LogP contribution in [0.1, 0.15) is 5.56 Å². The Hall–Kier alpha value is -2.08. The Morgan fingerprint density at radius 1 is 1.33 bits per heavy atom. The highest BCUT2D eigenvalue weighted by Gasteiger charge is 2.48. The van der Waals surface area contributed by atoms with Crippen LogP contribution < -0.4 is 5.73 Å². The molecule has 1 aliphatic heterocycles. The Morgan fingerprint density at radius 2 is 1.94 bits per heavy atom. The van der Waals surface area contributed by atoms with Crippen LogP contribution in [0.25, 0.3) is 0 Å². The monoisotopic (exact) mass is 250 g/mol. The molecular weight excluding hydrogens is 236 g/mol. The summed E-state index contributed by atoms with van der Waals surface area (Å²) in [5.41, 5.74) is 5.08. The maximum Gasteiger partial charge on any atom is 0.410 e. The number of benzene rings is 1. The molecule has 6 heteroatoms. The number of carbonyl (C=O) groups is 2. The number of aliphatic carboxylic acids is 1. The number of carbonyl (C=O) groups excluding carboxylic acids is 1. The number of ether oxygens (including phenoxy) is 1. The van der Waals surface area contributed by atoms with Gasteiger partial charge in [-0.3, -0.25) is 4.79 Å². The normalized spacial score (nSPS) is 16.8. The molecule has 0 saturated carbocycles. The maximum absolute atomic E-state index is 11.6. The summed E-state index contributed by atoms with van der Waals surface area (Å²) in [6.07, 6.45) is -0.541. The van der Waals surface area contributed by atoms with Gasteiger partial charge < -0.3 is 20.5 Å². The molecule has 6 nitrogen and oxygen atoms in total. The van der Waals surface area contributed by atoms with E-state index < -0.39 is 17.6 Å². The van der Waals surface area contributed by atoms with E-state index in [0.717, 1.165) is 5.56 Å². The molecule has 1 fully saturated rings. The van der Waals surface area contributed by atoms with Crippen molar-refractivity contribution >= 4 is 12.1 Å². The largest absolute Gasteiger partial charge is 0.480 e. The van der Waals surface area contributed by atoms with Gasteiger partial charge in [0, 0.05) is 0 Å². The summed E-state index contributed by atoms with van der Waals surface area (Å²) in [5, 5.41) is 8.80. The van der Waals surface area contributed by atoms with Gasteiger partial charge in [-0.2, -0.15) is 0 Å². The van der Waals surface area contributed by atoms with E-state index in [1.165, 1.54) is 4.90 Å². The van der Waals surface area contributed by atoms with E-state index in [9.17, 15) is 9.59 Å². The molecule has 0 aromatic heterocycles. The van der Waals surface area contributed by atoms with E-state index in [0.29, 0.717) is 0 Å². The van der Waals surface area contributed by atoms with Gasteiger partial charge in [0.25, 0.3) is 0 Å². The number of rotatable bonds is 3. The van der Waals surface area contributed by atoms with Gasteiger partial charge >= 0.3 is 12.1 Å². The molecule has 0 unspecified atom stereocenters. The van der Waals surface area contributed by atoms with E-state index in [1.54, 1.807) is 0 Å². The summed E-state index contributed by atoms with van der Waals surface area (Å²) >= 11 is 0. The van der Waals surface area contributed by atoms with Crippen LogP contribution in [-0.4, -0.2) is 40.7 Å². The quantitative estimate of drug-likeness (QED) is 0.811. The fourth-order valence-electron chi connectivity index (χ4n) is 1.71. The molecule has 1 heterocycles. The second-order valence-corrected chi connectivity index (χ2v) is 4.36. The molecule has 18 heavy (non-hydrogen) atoms. The van der Waals surface area contributed by atoms with Crippen LogP contribution in [0, 0.1) is 0 Å². The first-order valence-corrected chi connectivity index (χ1v) is 5.49. The molecule has 0 radical (unpaired) electrons. The Kier molecular flexibility index (Phi) is 3.20. The lowest BCUT2D eigenvalue weighted by atomic mass is 9.92. The smallest absolute Gasteiger partial charge is 0.410 e. The molecular formula is C12H14N2O4. The zero-order valence-corrected chi connectivity index (χ0v) is 9.70. The highest BCUT2D eigenvalue weighted by Crippen LogP contribution is 2.19. The molecule has 1 aromatic carbocycles. The lowest BCUT2D eigenvalue weighted by molar-refractivity contribution is -0.149. The zero-order valence-electron chi connectivity index (χ0n) is 9.70. The minimum atomic E-state index is -1.33. The Bertz CT molecular complexity index is 454. The van der Waals surface area contributed by atoms with E-state index in [4.69, 9.17) is 15.6 Å². The molecule has 0 spiro atoms. The fourth-order valence-corrected chi connectivity index (χ4v) is 1.71. The minimum absolute atomic E-state index is 0.0179. The number of amides is 1. The topological polar surface area (TPSA) is 92.9 Å². The number of likely N-dealkylation sites (tertiary alicyclic amines) is 1. The molecule has 1 saturated heterocycles. The van der Waals surface area contributed by atoms with Crippen LogP contribution in [0.2, 0.25) is 0 Å². The average molecular weight is 250 g/mol. The molecule has 0 aliphatic carbocycles. The number of nitrogens with zero attached hydrogens (tertiary/aromatic N) is 1. The van der Waals surface area contributed by atoms with Crippen molar-refractivity contribution < 1.29 is 19.4 Å². The van der Waals surface area contributed by atoms with Crippen molar-refractivity contribution in [2.24, 2.45) is 5.73 Å². The van der Waals surface area contributed by atoms with Crippen molar-refractivity contribution in [3.8, 4) is 0 Å². The number of carboxylic acid groups (broad SMARTS) is 1. The lowest BCUT2D eigenvalue weighted by Crippen LogP contribution is -2.72. The summed E-state index contributed by atoms with van der Waals surface area (Å²) in [5.74, 6) is -1.10. The summed E-state index contributed by atoms with van der Waals surface area (Å²) in [4.78, 5) is 23.6. The summed E-state index contributed by atoms with van der Waals surface area (Å²) < 4.78 is 5.04. The second-order valence-electron chi connectivity index (χ2n) is 4.36. The highest BCUT2D eigenvalue weighted by molar-refractivity contribution is 5.83. The van der Waals surface area contributed by atoms with Crippen molar-refractivity contribution in [3.63, 3.8) is 0 Å². The maximum atomic E-state index is 11.6. The Morgan fingerprint density at radius 3 is 2.50 bits per heavy atom. The van der Waals surface area contributed by atoms with Crippen molar-refractivity contribution in [2.45, 2.75) is 12.1 Å². The van der Waals surface area contributed by atoms with Gasteiger partial charge in [0.1, 0.15) is 12.1 Å². The number of carboxylic acids is 1. The van der Waals surface area contributed by atoms with Gasteiger partial charge in [0.05, 0.1) is 13.1 Å². The number of hydrogen-bond acceptors (Lipinski definition) is 4. The number of nitrogens with two attached hydrogens (primary N) is 1. The van der Waals surface area contributed by atoms with E-state index >= 15 is 0 Å². The Balaban J connectivity index is 1.80. The summed E-state index contributed by atoms with van der Waals surface area (Å²) in [7, 11) is 0. The molecule has 96 valence electrons. The predicted molar refractivity (Wildman–Crippen MR) is 62.8 cm³/mol. The van der Waals surface area contributed by atoms with Crippen molar-refractivity contribution in [2.75, 3.05) is 13.1 Å². The third-order valence-electron chi connectivity index (χ3n) is 2.84. The first kappa shape index (κ1) is 12.4. The van der Waals surface area contributed by atoms with Gasteiger partial charge in [-0.05, 0) is 5.56 Å². The first-order chi connectivity index (χ1) is 8.51. The van der Waals surface area contributed by atoms with Crippen LogP contribution in [0.4, 0.5) is 4.79 Å². The molecule has 0 bridgehead atoms. The van der Waals surface area contributed by atoms with Gasteiger partial charge in [0.15, 0.2) is 0 Å². The van der Waals surface area contributed by atoms with Crippen molar-refractivity contribution in [1.82, 2.24) is 4.90 Å². The van der Waals surface area contributed by atoms with Crippen molar-refractivity contribution in [3.05, 3.63) is 35.9 Å². The van der Waals surface area contributed by atoms with Crippen LogP contribution in [0.15, 0.2) is 30.3 Å². The summed E-state index contributed by atoms with van der Waals surface area (Å²) in [6.45, 7) is 0.132. The fraction of sp³-hybridized carbons (Fsp3) is 0.333. The average Bonchev–Trinajstić information content (AvgIpc) is 2.33. The number of hydrogen-bond donors (Lipinski definition) is 2. The zero-order chi connectivity index (χ0) is 13.2. The van der Waals surface area contributed by atoms with Crippen LogP contribution >= 0.6 is 0 Å². The SMILES string of the molecule is NC1(C(=O)O)CN(C(=O)OCc2ccccc2)C1. The minimum Gasteiger partial charge on any atom is -0.480 e. The molecule has 0 atom stereocenters. The molecule has 1 aliphatic rings. The molecule has 3 N–H and O–H groups in total. The highest BCUT2D eigenvalue weighted by atomic mass is 16.6. The Labute approximate surface area is 104 Å². The van der Waals surface area contributed by atoms with Crippen LogP contribution in [-0.2, 0) is 16.1 Å². The molecule has 2 rings (SSSR count). The van der Waals surface area contributed by atoms with Crippen molar-refractivity contribution in [1.29, 1.82) is 0 Å². The van der Waals surface area contributed by atoms with E-state index in [-0.39, 0.29) is 19.7 Å². The van der Waals surface area contributed by atoms with E-state index in [2.05, 4.69) is 0 Å². The third-order valence-corrected chi connectivity index (χ3v) is 2.84. The van der Waals surface area contributed by atoms with Crippen LogP contribution in [0.5, 0.6) is 0 Å². The molecule has 1 aromatic rings. The summed E-state index contributed by atoms with van der Waals surface area (Å²) in [6, 6.07) is 9.25. The van der Waals surface area contributed by atoms with Gasteiger partial charge in [0.2, 0.25) is 0 Å². The predicted octanol–water partition coefficient (Wildman–Crippen LogP) is 0.421. The van der Waals surface area contributed by atoms with Crippen LogP contribution in [0.3, 0.4) is 0 Å². The van der Waals surface area contributed by atoms with Gasteiger partial charge in [-0.1, -0.05) is 30.3 Å². The van der Waals surface area contributed by atoms with Gasteiger partial charge in [-0.15, -0.1) is 0 Å². The standard InChI is InChI=1S/C12H14N2O4/c13-12(10(15)16)7-14(8-12)11(17)18-6-9-4-2-1-3-5-9/h1-5H,6-8,13H2,(H,15,16). The second kappa shape index (κ2) is 4.66. The first-order valence-electron chi connectivity index (χ1n) is 5.49. The van der Waals surface area contributed by atoms with Gasteiger partial charge in [-0.25, -0.2) is 4.79 Å². The van der Waals surface area contributed by atoms with E-state index in [1.807, 2.05) is 30.3 Å². The third kappa shape index (κ3) is 2.43. The lowest BCUT2D eigenvalue weighted by Gasteiger charge is -2.43. The molecule has 1 amide bonds.